The van der Waals surface area contributed by atoms with E-state index in [4.69, 9.17) is 4.52 Å². The molecule has 0 unspecified atom stereocenters. The number of pyridine rings is 1. The Morgan fingerprint density at radius 3 is 2.77 bits per heavy atom. The molecule has 0 radical (unpaired) electrons. The summed E-state index contributed by atoms with van der Waals surface area (Å²) in [5.74, 6) is 0.399. The van der Waals surface area contributed by atoms with E-state index < -0.39 is 0 Å². The molecule has 0 bridgehead atoms. The Bertz CT molecular complexity index is 738. The normalized spacial score (nSPS) is 15.0. The molecular weight excluding hydrogens is 334 g/mol. The smallest absolute Gasteiger partial charge is 0.276 e. The zero-order chi connectivity index (χ0) is 18.4. The lowest BCUT2D eigenvalue weighted by molar-refractivity contribution is -0.122. The molecule has 1 aliphatic rings. The lowest BCUT2D eigenvalue weighted by atomic mass is 10.2. The van der Waals surface area contributed by atoms with Crippen molar-refractivity contribution < 1.29 is 14.1 Å². The van der Waals surface area contributed by atoms with Gasteiger partial charge < -0.3 is 14.7 Å². The summed E-state index contributed by atoms with van der Waals surface area (Å²) in [6.45, 7) is 5.55. The molecule has 1 aliphatic heterocycles. The van der Waals surface area contributed by atoms with Crippen molar-refractivity contribution in [2.24, 2.45) is 0 Å². The number of piperazine rings is 1. The van der Waals surface area contributed by atoms with Crippen LogP contribution in [-0.2, 0) is 4.79 Å². The van der Waals surface area contributed by atoms with Crippen LogP contribution >= 0.6 is 0 Å². The minimum Gasteiger partial charge on any atom is -0.355 e. The number of rotatable bonds is 6. The molecule has 26 heavy (non-hydrogen) atoms. The van der Waals surface area contributed by atoms with E-state index in [1.54, 1.807) is 29.4 Å². The number of carbonyl (C=O) groups excluding carboxylic acids is 2. The molecule has 2 amide bonds. The number of aromatic nitrogens is 2. The van der Waals surface area contributed by atoms with E-state index in [0.29, 0.717) is 45.0 Å². The Kier molecular flexibility index (Phi) is 5.96. The van der Waals surface area contributed by atoms with Gasteiger partial charge in [0, 0.05) is 56.7 Å². The average Bonchev–Trinajstić information content (AvgIpc) is 3.17. The highest BCUT2D eigenvalue weighted by molar-refractivity contribution is 5.93. The van der Waals surface area contributed by atoms with Crippen LogP contribution in [0.4, 0.5) is 0 Å². The summed E-state index contributed by atoms with van der Waals surface area (Å²) in [5.41, 5.74) is 1.07. The third kappa shape index (κ3) is 4.45. The molecule has 138 valence electrons. The fourth-order valence-corrected chi connectivity index (χ4v) is 2.82. The van der Waals surface area contributed by atoms with Crippen molar-refractivity contribution in [2.75, 3.05) is 39.3 Å². The maximum absolute atomic E-state index is 12.6. The van der Waals surface area contributed by atoms with Crippen molar-refractivity contribution in [3.63, 3.8) is 0 Å². The van der Waals surface area contributed by atoms with Gasteiger partial charge in [-0.05, 0) is 18.6 Å². The van der Waals surface area contributed by atoms with E-state index in [0.717, 1.165) is 12.0 Å². The summed E-state index contributed by atoms with van der Waals surface area (Å²) < 4.78 is 5.27. The molecule has 1 N–H and O–H groups in total. The van der Waals surface area contributed by atoms with Crippen molar-refractivity contribution in [2.45, 2.75) is 13.3 Å². The van der Waals surface area contributed by atoms with E-state index in [9.17, 15) is 9.59 Å². The molecule has 1 fully saturated rings. The van der Waals surface area contributed by atoms with Crippen LogP contribution < -0.4 is 5.32 Å². The summed E-state index contributed by atoms with van der Waals surface area (Å²) >= 11 is 0. The largest absolute Gasteiger partial charge is 0.355 e. The van der Waals surface area contributed by atoms with Crippen molar-refractivity contribution >= 4 is 11.8 Å². The first kappa shape index (κ1) is 18.1. The summed E-state index contributed by atoms with van der Waals surface area (Å²) in [4.78, 5) is 32.2. The molecule has 0 spiro atoms. The number of carbonyl (C=O) groups is 2. The van der Waals surface area contributed by atoms with Gasteiger partial charge in [0.25, 0.3) is 5.91 Å². The maximum atomic E-state index is 12.6. The van der Waals surface area contributed by atoms with Gasteiger partial charge in [0.05, 0.1) is 6.54 Å². The molecular formula is C18H23N5O3. The van der Waals surface area contributed by atoms with Crippen LogP contribution in [0, 0.1) is 0 Å². The predicted molar refractivity (Wildman–Crippen MR) is 95.4 cm³/mol. The van der Waals surface area contributed by atoms with Crippen LogP contribution in [0.1, 0.15) is 23.8 Å². The molecule has 0 atom stereocenters. The van der Waals surface area contributed by atoms with Gasteiger partial charge in [0.1, 0.15) is 0 Å². The minimum atomic E-state index is -0.154. The maximum Gasteiger partial charge on any atom is 0.276 e. The van der Waals surface area contributed by atoms with Gasteiger partial charge in [-0.15, -0.1) is 0 Å². The fraction of sp³-hybridized carbons (Fsp3) is 0.444. The number of nitrogens with zero attached hydrogens (tertiary/aromatic N) is 4. The van der Waals surface area contributed by atoms with Gasteiger partial charge in [-0.2, -0.15) is 0 Å². The standard InChI is InChI=1S/C18H23N5O3/c1-2-5-20-17(24)13-22-7-9-23(10-8-22)18(25)15-11-16(26-21-15)14-4-3-6-19-12-14/h3-4,6,11-12H,2,5,7-10,13H2,1H3,(H,20,24). The Hall–Kier alpha value is -2.74. The van der Waals surface area contributed by atoms with Crippen LogP contribution in [0.2, 0.25) is 0 Å². The second kappa shape index (κ2) is 8.57. The fourth-order valence-electron chi connectivity index (χ4n) is 2.82. The molecule has 8 nitrogen and oxygen atoms in total. The lowest BCUT2D eigenvalue weighted by Crippen LogP contribution is -2.51. The quantitative estimate of drug-likeness (QED) is 0.830. The van der Waals surface area contributed by atoms with Crippen LogP contribution in [-0.4, -0.2) is 71.0 Å². The second-order valence-electron chi connectivity index (χ2n) is 6.24. The molecule has 2 aromatic heterocycles. The van der Waals surface area contributed by atoms with Gasteiger partial charge in [0.15, 0.2) is 11.5 Å². The molecule has 0 aromatic carbocycles. The van der Waals surface area contributed by atoms with Crippen molar-refractivity contribution in [3.8, 4) is 11.3 Å². The number of hydrogen-bond acceptors (Lipinski definition) is 6. The second-order valence-corrected chi connectivity index (χ2v) is 6.24. The van der Waals surface area contributed by atoms with Crippen molar-refractivity contribution in [3.05, 3.63) is 36.3 Å². The monoisotopic (exact) mass is 357 g/mol. The minimum absolute atomic E-state index is 0.0317. The van der Waals surface area contributed by atoms with Gasteiger partial charge in [-0.1, -0.05) is 12.1 Å². The number of hydrogen-bond donors (Lipinski definition) is 1. The van der Waals surface area contributed by atoms with E-state index in [2.05, 4.69) is 20.4 Å². The molecule has 3 rings (SSSR count). The van der Waals surface area contributed by atoms with E-state index in [-0.39, 0.29) is 17.5 Å². The van der Waals surface area contributed by atoms with Gasteiger partial charge >= 0.3 is 0 Å². The zero-order valence-corrected chi connectivity index (χ0v) is 14.9. The number of nitrogens with one attached hydrogen (secondary N) is 1. The first-order chi connectivity index (χ1) is 12.7. The molecule has 2 aromatic rings. The van der Waals surface area contributed by atoms with E-state index in [1.807, 2.05) is 13.0 Å². The molecule has 8 heteroatoms. The van der Waals surface area contributed by atoms with Crippen LogP contribution in [0.25, 0.3) is 11.3 Å². The highest BCUT2D eigenvalue weighted by Crippen LogP contribution is 2.20. The van der Waals surface area contributed by atoms with Crippen LogP contribution in [0.3, 0.4) is 0 Å². The van der Waals surface area contributed by atoms with E-state index in [1.165, 1.54) is 0 Å². The third-order valence-corrected chi connectivity index (χ3v) is 4.27. The highest BCUT2D eigenvalue weighted by Gasteiger charge is 2.25. The lowest BCUT2D eigenvalue weighted by Gasteiger charge is -2.33. The molecule has 1 saturated heterocycles. The topological polar surface area (TPSA) is 91.6 Å². The summed E-state index contributed by atoms with van der Waals surface area (Å²) in [5, 5.41) is 6.77. The first-order valence-electron chi connectivity index (χ1n) is 8.83. The Labute approximate surface area is 152 Å². The molecule has 3 heterocycles. The average molecular weight is 357 g/mol. The summed E-state index contributed by atoms with van der Waals surface area (Å²) in [6, 6.07) is 5.29. The van der Waals surface area contributed by atoms with Gasteiger partial charge in [0.2, 0.25) is 5.91 Å². The van der Waals surface area contributed by atoms with Gasteiger partial charge in [-0.25, -0.2) is 0 Å². The van der Waals surface area contributed by atoms with Crippen molar-refractivity contribution in [1.29, 1.82) is 0 Å². The third-order valence-electron chi connectivity index (χ3n) is 4.27. The van der Waals surface area contributed by atoms with Crippen LogP contribution in [0.5, 0.6) is 0 Å². The van der Waals surface area contributed by atoms with Crippen LogP contribution in [0.15, 0.2) is 35.1 Å². The van der Waals surface area contributed by atoms with Gasteiger partial charge in [-0.3, -0.25) is 19.5 Å². The molecule has 0 aliphatic carbocycles. The first-order valence-corrected chi connectivity index (χ1v) is 8.83. The Morgan fingerprint density at radius 2 is 2.08 bits per heavy atom. The Balaban J connectivity index is 1.53. The Morgan fingerprint density at radius 1 is 1.27 bits per heavy atom. The summed E-state index contributed by atoms with van der Waals surface area (Å²) in [7, 11) is 0. The molecule has 0 saturated carbocycles. The number of amides is 2. The van der Waals surface area contributed by atoms with Crippen molar-refractivity contribution in [1.82, 2.24) is 25.3 Å². The van der Waals surface area contributed by atoms with E-state index >= 15 is 0 Å². The summed E-state index contributed by atoms with van der Waals surface area (Å²) in [6.07, 6.45) is 4.26. The predicted octanol–water partition coefficient (Wildman–Crippen LogP) is 1.02. The highest BCUT2D eigenvalue weighted by atomic mass is 16.5. The zero-order valence-electron chi connectivity index (χ0n) is 14.9. The SMILES string of the molecule is CCCNC(=O)CN1CCN(C(=O)c2cc(-c3cccnc3)on2)CC1.